The van der Waals surface area contributed by atoms with Crippen molar-refractivity contribution < 1.29 is 9.53 Å². The maximum atomic E-state index is 13.8. The second-order valence-corrected chi connectivity index (χ2v) is 11.8. The topological polar surface area (TPSA) is 57.7 Å². The van der Waals surface area contributed by atoms with Crippen LogP contribution >= 0.6 is 34.8 Å². The maximum Gasteiger partial charge on any atom is 0.245 e. The van der Waals surface area contributed by atoms with Gasteiger partial charge in [-0.05, 0) is 92.2 Å². The number of likely N-dealkylation sites (tertiary alicyclic amines) is 2. The van der Waals surface area contributed by atoms with Gasteiger partial charge in [-0.3, -0.25) is 14.7 Å². The van der Waals surface area contributed by atoms with Crippen LogP contribution in [0.4, 0.5) is 5.69 Å². The van der Waals surface area contributed by atoms with E-state index < -0.39 is 6.04 Å². The number of piperidine rings is 1. The molecule has 1 aromatic heterocycles. The standard InChI is InChI=1S/C31H35Cl3N4O2/c32-24-6-5-23(28(34)19-24)18-29(36-26-4-3-11-35-21-26)31(39)38-14-9-22(10-15-38)27-8-7-25(33)20-30(27)40-17-16-37-12-1-2-13-37/h3-8,11,19-22,29,36H,1-2,9-10,12-18H2/t29-/m1/s1. The molecule has 2 fully saturated rings. The summed E-state index contributed by atoms with van der Waals surface area (Å²) in [5.41, 5.74) is 2.83. The van der Waals surface area contributed by atoms with Crippen LogP contribution in [0.2, 0.25) is 15.1 Å². The number of carbonyl (C=O) groups excluding carboxylic acids is 1. The van der Waals surface area contributed by atoms with Crippen LogP contribution in [0.3, 0.4) is 0 Å². The summed E-state index contributed by atoms with van der Waals surface area (Å²) in [5.74, 6) is 1.22. The van der Waals surface area contributed by atoms with Gasteiger partial charge in [0.1, 0.15) is 18.4 Å². The minimum absolute atomic E-state index is 0.0477. The molecule has 0 radical (unpaired) electrons. The van der Waals surface area contributed by atoms with E-state index in [-0.39, 0.29) is 5.91 Å². The number of carbonyl (C=O) groups is 1. The Labute approximate surface area is 251 Å². The first-order valence-corrected chi connectivity index (χ1v) is 15.1. The lowest BCUT2D eigenvalue weighted by Gasteiger charge is -2.35. The highest BCUT2D eigenvalue weighted by molar-refractivity contribution is 6.35. The molecule has 2 aliphatic rings. The molecule has 1 amide bonds. The molecule has 1 N–H and O–H groups in total. The number of rotatable bonds is 10. The van der Waals surface area contributed by atoms with Gasteiger partial charge in [0, 0.05) is 53.5 Å². The minimum Gasteiger partial charge on any atom is -0.492 e. The Kier molecular flexibility index (Phi) is 10.1. The van der Waals surface area contributed by atoms with Crippen LogP contribution in [-0.2, 0) is 11.2 Å². The number of amides is 1. The van der Waals surface area contributed by atoms with Crippen LogP contribution < -0.4 is 10.1 Å². The van der Waals surface area contributed by atoms with Crippen molar-refractivity contribution in [2.45, 2.75) is 44.1 Å². The fourth-order valence-electron chi connectivity index (χ4n) is 5.65. The average molecular weight is 602 g/mol. The molecule has 0 saturated carbocycles. The highest BCUT2D eigenvalue weighted by Gasteiger charge is 2.30. The Hall–Kier alpha value is -2.51. The van der Waals surface area contributed by atoms with Crippen molar-refractivity contribution in [1.29, 1.82) is 0 Å². The van der Waals surface area contributed by atoms with Crippen LogP contribution in [-0.4, -0.2) is 66.1 Å². The number of nitrogens with one attached hydrogen (secondary N) is 1. The predicted molar refractivity (Wildman–Crippen MR) is 163 cm³/mol. The molecule has 5 rings (SSSR count). The monoisotopic (exact) mass is 600 g/mol. The zero-order valence-electron chi connectivity index (χ0n) is 22.5. The van der Waals surface area contributed by atoms with E-state index in [0.717, 1.165) is 49.5 Å². The summed E-state index contributed by atoms with van der Waals surface area (Å²) in [6, 6.07) is 14.6. The fourth-order valence-corrected chi connectivity index (χ4v) is 6.30. The minimum atomic E-state index is -0.487. The highest BCUT2D eigenvalue weighted by atomic mass is 35.5. The van der Waals surface area contributed by atoms with Gasteiger partial charge < -0.3 is 15.0 Å². The van der Waals surface area contributed by atoms with Gasteiger partial charge in [0.15, 0.2) is 0 Å². The quantitative estimate of drug-likeness (QED) is 0.273. The summed E-state index contributed by atoms with van der Waals surface area (Å²) in [5, 5.41) is 5.19. The molecular formula is C31H35Cl3N4O2. The Morgan fingerprint density at radius 2 is 1.75 bits per heavy atom. The van der Waals surface area contributed by atoms with Crippen molar-refractivity contribution in [2.75, 3.05) is 44.6 Å². The number of benzene rings is 2. The van der Waals surface area contributed by atoms with Gasteiger partial charge in [-0.15, -0.1) is 0 Å². The van der Waals surface area contributed by atoms with Crippen LogP contribution in [0.25, 0.3) is 0 Å². The fraction of sp³-hybridized carbons (Fsp3) is 0.419. The van der Waals surface area contributed by atoms with Gasteiger partial charge >= 0.3 is 0 Å². The van der Waals surface area contributed by atoms with E-state index in [1.807, 2.05) is 35.2 Å². The van der Waals surface area contributed by atoms with Crippen molar-refractivity contribution >= 4 is 46.4 Å². The Morgan fingerprint density at radius 3 is 2.48 bits per heavy atom. The lowest BCUT2D eigenvalue weighted by atomic mass is 9.88. The van der Waals surface area contributed by atoms with Gasteiger partial charge in [-0.1, -0.05) is 46.9 Å². The number of halogens is 3. The normalized spacial score (nSPS) is 17.1. The summed E-state index contributed by atoms with van der Waals surface area (Å²) in [4.78, 5) is 22.4. The van der Waals surface area contributed by atoms with Crippen LogP contribution in [0, 0.1) is 0 Å². The molecule has 3 heterocycles. The molecular weight excluding hydrogens is 567 g/mol. The first kappa shape index (κ1) is 29.0. The maximum absolute atomic E-state index is 13.8. The summed E-state index contributed by atoms with van der Waals surface area (Å²) in [6.45, 7) is 5.22. The van der Waals surface area contributed by atoms with Crippen molar-refractivity contribution in [3.05, 3.63) is 87.1 Å². The molecule has 2 aromatic carbocycles. The first-order valence-electron chi connectivity index (χ1n) is 14.0. The van der Waals surface area contributed by atoms with Crippen molar-refractivity contribution in [3.8, 4) is 5.75 Å². The van der Waals surface area contributed by atoms with Gasteiger partial charge in [0.25, 0.3) is 0 Å². The van der Waals surface area contributed by atoms with Crippen molar-refractivity contribution in [2.24, 2.45) is 0 Å². The number of hydrogen-bond acceptors (Lipinski definition) is 5. The molecule has 1 atom stereocenters. The second kappa shape index (κ2) is 13.9. The van der Waals surface area contributed by atoms with Crippen LogP contribution in [0.1, 0.15) is 42.7 Å². The highest BCUT2D eigenvalue weighted by Crippen LogP contribution is 2.36. The molecule has 0 aliphatic carbocycles. The van der Waals surface area contributed by atoms with Crippen molar-refractivity contribution in [3.63, 3.8) is 0 Å². The Balaban J connectivity index is 1.24. The number of pyridine rings is 1. The Bertz CT molecular complexity index is 1280. The van der Waals surface area contributed by atoms with E-state index in [9.17, 15) is 4.79 Å². The third kappa shape index (κ3) is 7.61. The summed E-state index contributed by atoms with van der Waals surface area (Å²) in [6.07, 6.45) is 8.13. The summed E-state index contributed by atoms with van der Waals surface area (Å²) < 4.78 is 6.25. The number of anilines is 1. The lowest BCUT2D eigenvalue weighted by molar-refractivity contribution is -0.133. The second-order valence-electron chi connectivity index (χ2n) is 10.6. The van der Waals surface area contributed by atoms with Crippen LogP contribution in [0.15, 0.2) is 60.9 Å². The van der Waals surface area contributed by atoms with E-state index in [2.05, 4.69) is 21.3 Å². The largest absolute Gasteiger partial charge is 0.492 e. The van der Waals surface area contributed by atoms with Gasteiger partial charge in [0.2, 0.25) is 5.91 Å². The number of ether oxygens (including phenoxy) is 1. The summed E-state index contributed by atoms with van der Waals surface area (Å²) in [7, 11) is 0. The zero-order chi connectivity index (χ0) is 27.9. The molecule has 0 unspecified atom stereocenters. The average Bonchev–Trinajstić information content (AvgIpc) is 3.48. The van der Waals surface area contributed by atoms with E-state index in [1.165, 1.54) is 18.4 Å². The van der Waals surface area contributed by atoms with E-state index in [0.29, 0.717) is 47.1 Å². The van der Waals surface area contributed by atoms with E-state index in [1.54, 1.807) is 24.5 Å². The predicted octanol–water partition coefficient (Wildman–Crippen LogP) is 6.95. The summed E-state index contributed by atoms with van der Waals surface area (Å²) >= 11 is 18.9. The third-order valence-electron chi connectivity index (χ3n) is 7.83. The molecule has 0 bridgehead atoms. The number of hydrogen-bond donors (Lipinski definition) is 1. The first-order chi connectivity index (χ1) is 19.5. The van der Waals surface area contributed by atoms with Gasteiger partial charge in [-0.2, -0.15) is 0 Å². The SMILES string of the molecule is O=C([C@@H](Cc1ccc(Cl)cc1Cl)Nc1cccnc1)N1CCC(c2ccc(Cl)cc2OCCN2CCCC2)CC1. The van der Waals surface area contributed by atoms with E-state index in [4.69, 9.17) is 39.5 Å². The Morgan fingerprint density at radius 1 is 1.00 bits per heavy atom. The molecule has 9 heteroatoms. The van der Waals surface area contributed by atoms with Crippen molar-refractivity contribution in [1.82, 2.24) is 14.8 Å². The smallest absolute Gasteiger partial charge is 0.245 e. The molecule has 3 aromatic rings. The number of nitrogens with zero attached hydrogens (tertiary/aromatic N) is 3. The number of aromatic nitrogens is 1. The molecule has 212 valence electrons. The van der Waals surface area contributed by atoms with Gasteiger partial charge in [-0.25, -0.2) is 0 Å². The van der Waals surface area contributed by atoms with E-state index >= 15 is 0 Å². The molecule has 0 spiro atoms. The molecule has 2 aliphatic heterocycles. The third-order valence-corrected chi connectivity index (χ3v) is 8.65. The lowest BCUT2D eigenvalue weighted by Crippen LogP contribution is -2.47. The van der Waals surface area contributed by atoms with Crippen LogP contribution in [0.5, 0.6) is 5.75 Å². The molecule has 6 nitrogen and oxygen atoms in total. The zero-order valence-corrected chi connectivity index (χ0v) is 24.8. The van der Waals surface area contributed by atoms with Gasteiger partial charge in [0.05, 0.1) is 5.69 Å². The molecule has 40 heavy (non-hydrogen) atoms. The molecule has 2 saturated heterocycles.